The molecule has 0 bridgehead atoms. The molecule has 0 unspecified atom stereocenters. The van der Waals surface area contributed by atoms with Crippen LogP contribution in [0.4, 0.5) is 23.5 Å². The summed E-state index contributed by atoms with van der Waals surface area (Å²) in [7, 11) is 1.62. The molecule has 0 amide bonds. The van der Waals surface area contributed by atoms with E-state index in [-0.39, 0.29) is 173 Å². The van der Waals surface area contributed by atoms with Gasteiger partial charge in [-0.05, 0) is 24.3 Å². The molecule has 51 heavy (non-hydrogen) atoms. The number of hydrogen-bond donors (Lipinski definition) is 5. The van der Waals surface area contributed by atoms with Crippen LogP contribution in [-0.2, 0) is 23.9 Å². The Morgan fingerprint density at radius 1 is 0.725 bits per heavy atom. The van der Waals surface area contributed by atoms with Gasteiger partial charge in [-0.25, -0.2) is 0 Å². The summed E-state index contributed by atoms with van der Waals surface area (Å²) in [5, 5.41) is 33.4. The average molecular weight is 847 g/mol. The maximum Gasteiger partial charge on any atom is 1.00 e. The van der Waals surface area contributed by atoms with Gasteiger partial charge in [0, 0.05) is 18.2 Å². The molecule has 0 aliphatic heterocycles. The molecule has 0 radical (unpaired) electrons. The third-order valence-corrected chi connectivity index (χ3v) is 7.14. The van der Waals surface area contributed by atoms with Crippen LogP contribution in [0.5, 0.6) is 11.5 Å². The molecule has 0 saturated carbocycles. The number of methoxy groups -OCH3 is 1. The van der Waals surface area contributed by atoms with Crippen molar-refractivity contribution in [3.8, 4) is 34.0 Å². The number of carbonyl (C=O) groups is 1. The van der Waals surface area contributed by atoms with E-state index in [0.29, 0.717) is 62.2 Å². The van der Waals surface area contributed by atoms with Crippen LogP contribution < -0.4 is 136 Å². The Kier molecular flexibility index (Phi) is 29.1. The molecule has 2 heterocycles. The number of benzene rings is 2. The molecule has 2 aromatic heterocycles. The Hall–Kier alpha value is -0.997. The number of anilines is 4. The zero-order valence-electron chi connectivity index (χ0n) is 27.9. The molecule has 0 fully saturated rings. The standard InChI is InChI=1S/C16H21Cl2N5O4.C9H7Cl2N5O.CH2O3.CH4.2K.H/c1-24-4-5-25-6-7-26-8-9-27-11-3-2-10(12(17)13(11)18)14-15(19)21-16(20)23-22-14;10-5-3(1-2-4(17)6(5)11)7-8(12)14-9(13)16-15-7;2-1-4-3;;;;/h2-3H,4-9H2,1H3,(H4,19,20,21,23);1-2,17H,(H4,12,13,14,16);1,3H;1H4;;;/q;;;;2*+1;-1/p-1. The van der Waals surface area contributed by atoms with Crippen LogP contribution in [-0.4, -0.2) is 88.7 Å². The summed E-state index contributed by atoms with van der Waals surface area (Å²) in [5.74, 6) is 0.418. The molecule has 0 aliphatic carbocycles. The van der Waals surface area contributed by atoms with Crippen LogP contribution in [0.25, 0.3) is 22.5 Å². The van der Waals surface area contributed by atoms with Crippen molar-refractivity contribution in [2.75, 3.05) is 69.7 Å². The van der Waals surface area contributed by atoms with Crippen LogP contribution in [0.15, 0.2) is 24.3 Å². The molecule has 4 rings (SSSR count). The third-order valence-electron chi connectivity index (χ3n) is 5.41. The molecular weight excluding hydrogens is 812 g/mol. The first-order valence-electron chi connectivity index (χ1n) is 13.1. The number of aromatic hydroxyl groups is 1. The Bertz CT molecular complexity index is 1660. The van der Waals surface area contributed by atoms with Gasteiger partial charge in [0.25, 0.3) is 6.47 Å². The minimum atomic E-state index is -0.181. The van der Waals surface area contributed by atoms with E-state index in [1.54, 1.807) is 19.2 Å². The van der Waals surface area contributed by atoms with E-state index in [2.05, 4.69) is 35.3 Å². The fraction of sp³-hybridized carbons (Fsp3) is 0.296. The molecule has 270 valence electrons. The molecular formula is C27H34Cl4K2N10O8. The predicted molar refractivity (Wildman–Crippen MR) is 184 cm³/mol. The van der Waals surface area contributed by atoms with Gasteiger partial charge in [-0.15, -0.1) is 20.4 Å². The van der Waals surface area contributed by atoms with Gasteiger partial charge < -0.3 is 58.6 Å². The summed E-state index contributed by atoms with van der Waals surface area (Å²) in [6.07, 6.45) is 0. The number of nitrogens with two attached hydrogens (primary N) is 4. The van der Waals surface area contributed by atoms with Crippen LogP contribution in [0.1, 0.15) is 8.85 Å². The number of phenols is 1. The maximum atomic E-state index is 9.37. The average Bonchev–Trinajstić information content (AvgIpc) is 3.06. The van der Waals surface area contributed by atoms with Gasteiger partial charge in [0.1, 0.15) is 39.5 Å². The molecule has 4 aromatic rings. The van der Waals surface area contributed by atoms with Gasteiger partial charge in [-0.3, -0.25) is 4.79 Å². The summed E-state index contributed by atoms with van der Waals surface area (Å²) < 4.78 is 21.2. The van der Waals surface area contributed by atoms with Crippen LogP contribution >= 0.6 is 46.4 Å². The fourth-order valence-corrected chi connectivity index (χ4v) is 4.19. The fourth-order valence-electron chi connectivity index (χ4n) is 3.31. The van der Waals surface area contributed by atoms with E-state index in [0.717, 1.165) is 0 Å². The van der Waals surface area contributed by atoms with Crippen molar-refractivity contribution >= 4 is 76.4 Å². The van der Waals surface area contributed by atoms with Gasteiger partial charge in [-0.1, -0.05) is 53.8 Å². The number of phenolic OH excluding ortho intramolecular Hbond substituents is 1. The number of ether oxygens (including phenoxy) is 4. The number of nitrogens with zero attached hydrogens (tertiary/aromatic N) is 6. The van der Waals surface area contributed by atoms with Crippen molar-refractivity contribution in [3.05, 3.63) is 44.4 Å². The van der Waals surface area contributed by atoms with Crippen molar-refractivity contribution in [3.63, 3.8) is 0 Å². The van der Waals surface area contributed by atoms with Crippen LogP contribution in [0.3, 0.4) is 0 Å². The van der Waals surface area contributed by atoms with E-state index < -0.39 is 0 Å². The van der Waals surface area contributed by atoms with Crippen molar-refractivity contribution in [1.82, 2.24) is 30.4 Å². The summed E-state index contributed by atoms with van der Waals surface area (Å²) in [6, 6.07) is 6.23. The van der Waals surface area contributed by atoms with Gasteiger partial charge in [0.2, 0.25) is 11.9 Å². The third kappa shape index (κ3) is 17.3. The Morgan fingerprint density at radius 2 is 1.16 bits per heavy atom. The molecule has 0 saturated heterocycles. The minimum absolute atomic E-state index is 0. The largest absolute Gasteiger partial charge is 1.00 e. The zero-order valence-corrected chi connectivity index (χ0v) is 36.2. The number of rotatable bonds is 13. The molecule has 0 spiro atoms. The molecule has 0 aliphatic rings. The van der Waals surface area contributed by atoms with Crippen molar-refractivity contribution in [2.45, 2.75) is 7.43 Å². The SMILES string of the molecule is C.COCCOCCOCCOc1ccc(-c2nnc(N)nc2N)c(Cl)c1Cl.Nc1nnc(-c2ccc(O)c(Cl)c2Cl)c(N)n1.O=CO[O-].[H-].[K+].[K+]. The molecule has 0 atom stereocenters. The summed E-state index contributed by atoms with van der Waals surface area (Å²) >= 11 is 24.4. The summed E-state index contributed by atoms with van der Waals surface area (Å²) in [5.41, 5.74) is 23.7. The Morgan fingerprint density at radius 3 is 1.61 bits per heavy atom. The smallest absolute Gasteiger partial charge is 1.00 e. The first-order valence-corrected chi connectivity index (χ1v) is 14.6. The number of hydrogen-bond acceptors (Lipinski definition) is 18. The predicted octanol–water partition coefficient (Wildman–Crippen LogP) is -3.03. The van der Waals surface area contributed by atoms with Crippen molar-refractivity contribution < 1.29 is 143 Å². The zero-order chi connectivity index (χ0) is 35.6. The quantitative estimate of drug-likeness (QED) is 0.0294. The number of carbonyl (C=O) groups excluding carboxylic acids is 1. The minimum Gasteiger partial charge on any atom is -1.00 e. The Labute approximate surface area is 399 Å². The summed E-state index contributed by atoms with van der Waals surface area (Å²) in [6.45, 7) is 2.55. The normalized spacial score (nSPS) is 9.69. The van der Waals surface area contributed by atoms with E-state index in [9.17, 15) is 5.11 Å². The first kappa shape index (κ1) is 52.1. The van der Waals surface area contributed by atoms with Gasteiger partial charge in [0.05, 0.1) is 43.1 Å². The number of halogens is 4. The number of aromatic nitrogens is 6. The number of nitrogen functional groups attached to an aromatic ring is 4. The van der Waals surface area contributed by atoms with Crippen molar-refractivity contribution in [2.24, 2.45) is 0 Å². The monoisotopic (exact) mass is 844 g/mol. The topological polar surface area (TPSA) is 288 Å². The van der Waals surface area contributed by atoms with Gasteiger partial charge in [-0.2, -0.15) is 9.97 Å². The second kappa shape index (κ2) is 28.4. The maximum absolute atomic E-state index is 9.37. The molecule has 9 N–H and O–H groups in total. The Balaban J connectivity index is -0.000000831. The van der Waals surface area contributed by atoms with E-state index in [1.807, 2.05) is 0 Å². The van der Waals surface area contributed by atoms with Crippen molar-refractivity contribution in [1.29, 1.82) is 0 Å². The van der Waals surface area contributed by atoms with Crippen LogP contribution in [0.2, 0.25) is 20.1 Å². The van der Waals surface area contributed by atoms with E-state index in [4.69, 9.17) is 98.3 Å². The molecule has 2 aromatic carbocycles. The van der Waals surface area contributed by atoms with E-state index >= 15 is 0 Å². The molecule has 24 heteroatoms. The van der Waals surface area contributed by atoms with Crippen LogP contribution in [0, 0.1) is 0 Å². The molecule has 18 nitrogen and oxygen atoms in total. The summed E-state index contributed by atoms with van der Waals surface area (Å²) in [4.78, 5) is 18.9. The second-order valence-corrected chi connectivity index (χ2v) is 10.1. The van der Waals surface area contributed by atoms with Gasteiger partial charge >= 0.3 is 103 Å². The first-order chi connectivity index (χ1) is 23.0. The van der Waals surface area contributed by atoms with E-state index in [1.165, 1.54) is 12.1 Å². The second-order valence-electron chi connectivity index (χ2n) is 8.57. The van der Waals surface area contributed by atoms with Gasteiger partial charge in [0.15, 0.2) is 11.6 Å².